The Morgan fingerprint density at radius 2 is 1.71 bits per heavy atom. The first-order chi connectivity index (χ1) is 9.61. The SMILES string of the molecule is COC(CNS(=O)(=O)c1c(C)c(C)cc(C)c1C)C(=O)O. The number of aryl methyl sites for hydroxylation is 2. The topological polar surface area (TPSA) is 92.7 Å². The van der Waals surface area contributed by atoms with E-state index in [1.807, 2.05) is 19.9 Å². The van der Waals surface area contributed by atoms with Crippen molar-refractivity contribution in [2.24, 2.45) is 0 Å². The van der Waals surface area contributed by atoms with Crippen molar-refractivity contribution in [3.05, 3.63) is 28.3 Å². The van der Waals surface area contributed by atoms with Gasteiger partial charge in [-0.15, -0.1) is 0 Å². The first kappa shape index (κ1) is 17.6. The van der Waals surface area contributed by atoms with Gasteiger partial charge in [0, 0.05) is 13.7 Å². The highest BCUT2D eigenvalue weighted by molar-refractivity contribution is 7.89. The van der Waals surface area contributed by atoms with Crippen molar-refractivity contribution in [1.82, 2.24) is 4.72 Å². The van der Waals surface area contributed by atoms with Gasteiger partial charge in [0.2, 0.25) is 10.0 Å². The summed E-state index contributed by atoms with van der Waals surface area (Å²) in [5, 5.41) is 8.88. The number of benzene rings is 1. The molecule has 1 atom stereocenters. The molecular weight excluding hydrogens is 294 g/mol. The van der Waals surface area contributed by atoms with Crippen molar-refractivity contribution in [1.29, 1.82) is 0 Å². The van der Waals surface area contributed by atoms with Crippen LogP contribution in [0, 0.1) is 27.7 Å². The van der Waals surface area contributed by atoms with Gasteiger partial charge in [0.25, 0.3) is 0 Å². The minimum absolute atomic E-state index is 0.209. The lowest BCUT2D eigenvalue weighted by Crippen LogP contribution is -2.38. The Labute approximate surface area is 125 Å². The second-order valence-corrected chi connectivity index (χ2v) is 6.71. The van der Waals surface area contributed by atoms with E-state index in [1.165, 1.54) is 7.11 Å². The third kappa shape index (κ3) is 3.81. The number of aliphatic carboxylic acids is 1. The fourth-order valence-corrected chi connectivity index (χ4v) is 3.76. The third-order valence-corrected chi connectivity index (χ3v) is 5.28. The molecule has 0 saturated carbocycles. The lowest BCUT2D eigenvalue weighted by molar-refractivity contribution is -0.147. The molecule has 0 saturated heterocycles. The molecule has 1 aromatic carbocycles. The Morgan fingerprint density at radius 3 is 2.10 bits per heavy atom. The summed E-state index contributed by atoms with van der Waals surface area (Å²) in [6.07, 6.45) is -1.22. The molecule has 0 radical (unpaired) electrons. The molecule has 7 heteroatoms. The Morgan fingerprint density at radius 1 is 1.24 bits per heavy atom. The van der Waals surface area contributed by atoms with Gasteiger partial charge >= 0.3 is 5.97 Å². The summed E-state index contributed by atoms with van der Waals surface area (Å²) >= 11 is 0. The van der Waals surface area contributed by atoms with Crippen LogP contribution >= 0.6 is 0 Å². The third-order valence-electron chi connectivity index (χ3n) is 3.58. The number of hydrogen-bond donors (Lipinski definition) is 2. The molecule has 1 unspecified atom stereocenters. The zero-order chi connectivity index (χ0) is 16.4. The van der Waals surface area contributed by atoms with Gasteiger partial charge in [-0.05, 0) is 49.9 Å². The van der Waals surface area contributed by atoms with Gasteiger partial charge in [-0.1, -0.05) is 6.07 Å². The Balaban J connectivity index is 3.18. The van der Waals surface area contributed by atoms with E-state index in [4.69, 9.17) is 9.84 Å². The number of methoxy groups -OCH3 is 1. The molecule has 0 spiro atoms. The predicted octanol–water partition coefficient (Wildman–Crippen LogP) is 1.30. The van der Waals surface area contributed by atoms with Crippen molar-refractivity contribution in [3.63, 3.8) is 0 Å². The Kier molecular flexibility index (Phi) is 5.49. The lowest BCUT2D eigenvalue weighted by Gasteiger charge is -2.17. The second kappa shape index (κ2) is 6.55. The molecule has 0 bridgehead atoms. The number of sulfonamides is 1. The summed E-state index contributed by atoms with van der Waals surface area (Å²) in [5.41, 5.74) is 3.07. The smallest absolute Gasteiger partial charge is 0.334 e. The van der Waals surface area contributed by atoms with Crippen LogP contribution < -0.4 is 4.72 Å². The van der Waals surface area contributed by atoms with Crippen LogP contribution in [0.2, 0.25) is 0 Å². The predicted molar refractivity (Wildman–Crippen MR) is 79.0 cm³/mol. The van der Waals surface area contributed by atoms with E-state index < -0.39 is 22.1 Å². The number of carbonyl (C=O) groups is 1. The first-order valence-corrected chi connectivity index (χ1v) is 7.92. The van der Waals surface area contributed by atoms with Crippen molar-refractivity contribution in [3.8, 4) is 0 Å². The average Bonchev–Trinajstić information content (AvgIpc) is 2.36. The van der Waals surface area contributed by atoms with Crippen molar-refractivity contribution >= 4 is 16.0 Å². The highest BCUT2D eigenvalue weighted by Crippen LogP contribution is 2.25. The van der Waals surface area contributed by atoms with E-state index in [1.54, 1.807) is 13.8 Å². The van der Waals surface area contributed by atoms with E-state index in [2.05, 4.69) is 4.72 Å². The maximum absolute atomic E-state index is 12.5. The van der Waals surface area contributed by atoms with Gasteiger partial charge < -0.3 is 9.84 Å². The van der Waals surface area contributed by atoms with Crippen molar-refractivity contribution < 1.29 is 23.1 Å². The average molecular weight is 315 g/mol. The summed E-state index contributed by atoms with van der Waals surface area (Å²) in [7, 11) is -2.58. The number of hydrogen-bond acceptors (Lipinski definition) is 4. The first-order valence-electron chi connectivity index (χ1n) is 6.44. The lowest BCUT2D eigenvalue weighted by atomic mass is 10.0. The highest BCUT2D eigenvalue weighted by atomic mass is 32.2. The maximum Gasteiger partial charge on any atom is 0.334 e. The number of rotatable bonds is 6. The molecule has 0 heterocycles. The molecule has 6 nitrogen and oxygen atoms in total. The summed E-state index contributed by atoms with van der Waals surface area (Å²) in [6.45, 7) is 6.84. The number of ether oxygens (including phenoxy) is 1. The van der Waals surface area contributed by atoms with E-state index >= 15 is 0 Å². The van der Waals surface area contributed by atoms with Crippen LogP contribution in [0.1, 0.15) is 22.3 Å². The quantitative estimate of drug-likeness (QED) is 0.825. The Hall–Kier alpha value is -1.44. The minimum Gasteiger partial charge on any atom is -0.479 e. The fraction of sp³-hybridized carbons (Fsp3) is 0.500. The van der Waals surface area contributed by atoms with Gasteiger partial charge in [-0.2, -0.15) is 0 Å². The van der Waals surface area contributed by atoms with Crippen LogP contribution in [0.4, 0.5) is 0 Å². The van der Waals surface area contributed by atoms with E-state index in [-0.39, 0.29) is 11.4 Å². The molecule has 2 N–H and O–H groups in total. The molecule has 1 aromatic rings. The standard InChI is InChI=1S/C14H21NO5S/c1-8-6-9(2)11(4)13(10(8)3)21(18,19)15-7-12(20-5)14(16)17/h6,12,15H,7H2,1-5H3,(H,16,17). The molecule has 0 aromatic heterocycles. The van der Waals surface area contributed by atoms with Crippen LogP contribution in [-0.4, -0.2) is 39.3 Å². The second-order valence-electron chi connectivity index (χ2n) is 5.00. The summed E-state index contributed by atoms with van der Waals surface area (Å²) in [4.78, 5) is 11.1. The van der Waals surface area contributed by atoms with Gasteiger partial charge in [0.05, 0.1) is 4.90 Å². The summed E-state index contributed by atoms with van der Waals surface area (Å²) < 4.78 is 32.0. The zero-order valence-corrected chi connectivity index (χ0v) is 13.7. The van der Waals surface area contributed by atoms with E-state index in [9.17, 15) is 13.2 Å². The monoisotopic (exact) mass is 315 g/mol. The molecule has 118 valence electrons. The molecule has 0 aliphatic carbocycles. The van der Waals surface area contributed by atoms with Gasteiger partial charge in [-0.3, -0.25) is 0 Å². The number of carboxylic acids is 1. The highest BCUT2D eigenvalue weighted by Gasteiger charge is 2.25. The minimum atomic E-state index is -3.80. The van der Waals surface area contributed by atoms with Crippen LogP contribution in [0.25, 0.3) is 0 Å². The molecule has 21 heavy (non-hydrogen) atoms. The largest absolute Gasteiger partial charge is 0.479 e. The van der Waals surface area contributed by atoms with Crippen molar-refractivity contribution in [2.75, 3.05) is 13.7 Å². The Bertz CT molecular complexity index is 626. The maximum atomic E-state index is 12.5. The van der Waals surface area contributed by atoms with Crippen LogP contribution in [0.3, 0.4) is 0 Å². The van der Waals surface area contributed by atoms with Crippen molar-refractivity contribution in [2.45, 2.75) is 38.7 Å². The molecular formula is C14H21NO5S. The summed E-state index contributed by atoms with van der Waals surface area (Å²) in [5.74, 6) is -1.21. The van der Waals surface area contributed by atoms with E-state index in [0.717, 1.165) is 11.1 Å². The zero-order valence-electron chi connectivity index (χ0n) is 12.9. The number of carboxylic acid groups (broad SMARTS) is 1. The number of nitrogens with one attached hydrogen (secondary N) is 1. The van der Waals surface area contributed by atoms with E-state index in [0.29, 0.717) is 11.1 Å². The molecule has 0 aliphatic rings. The van der Waals surface area contributed by atoms with Gasteiger partial charge in [0.1, 0.15) is 0 Å². The summed E-state index contributed by atoms with van der Waals surface area (Å²) in [6, 6.07) is 1.93. The fourth-order valence-electron chi connectivity index (χ4n) is 2.11. The molecule has 0 fully saturated rings. The van der Waals surface area contributed by atoms with Crippen LogP contribution in [0.15, 0.2) is 11.0 Å². The van der Waals surface area contributed by atoms with Gasteiger partial charge in [0.15, 0.2) is 6.10 Å². The molecule has 0 aliphatic heterocycles. The van der Waals surface area contributed by atoms with Crippen LogP contribution in [0.5, 0.6) is 0 Å². The van der Waals surface area contributed by atoms with Gasteiger partial charge in [-0.25, -0.2) is 17.9 Å². The molecule has 0 amide bonds. The normalized spacial score (nSPS) is 13.2. The van der Waals surface area contributed by atoms with Crippen LogP contribution in [-0.2, 0) is 19.6 Å². The molecule has 1 rings (SSSR count).